The molecule has 1 aromatic carbocycles. The molecular formula is C18H21NO2. The molecule has 3 fully saturated rings. The Kier molecular flexibility index (Phi) is 2.93. The van der Waals surface area contributed by atoms with E-state index in [9.17, 15) is 4.79 Å². The highest BCUT2D eigenvalue weighted by Crippen LogP contribution is 2.58. The van der Waals surface area contributed by atoms with Crippen molar-refractivity contribution < 1.29 is 9.53 Å². The Hall–Kier alpha value is -1.61. The third-order valence-electron chi connectivity index (χ3n) is 5.49. The van der Waals surface area contributed by atoms with E-state index in [0.717, 1.165) is 25.7 Å². The number of carbonyl (C=O) groups is 1. The number of rotatable bonds is 3. The van der Waals surface area contributed by atoms with Crippen molar-refractivity contribution in [2.75, 3.05) is 6.61 Å². The van der Waals surface area contributed by atoms with Gasteiger partial charge in [-0.3, -0.25) is 4.79 Å². The Bertz CT molecular complexity index is 570. The molecule has 0 aromatic heterocycles. The normalized spacial score (nSPS) is 37.6. The molecule has 110 valence electrons. The van der Waals surface area contributed by atoms with E-state index >= 15 is 0 Å². The molecule has 1 aromatic rings. The predicted octanol–water partition coefficient (Wildman–Crippen LogP) is 3.29. The topological polar surface area (TPSA) is 29.5 Å². The van der Waals surface area contributed by atoms with Gasteiger partial charge in [-0.25, -0.2) is 0 Å². The smallest absolute Gasteiger partial charge is 0.229 e. The van der Waals surface area contributed by atoms with Gasteiger partial charge in [-0.15, -0.1) is 6.58 Å². The number of amides is 1. The molecule has 2 aliphatic heterocycles. The zero-order valence-corrected chi connectivity index (χ0v) is 12.2. The van der Waals surface area contributed by atoms with Crippen LogP contribution in [0.15, 0.2) is 43.0 Å². The second-order valence-corrected chi connectivity index (χ2v) is 6.42. The number of hydrogen-bond donors (Lipinski definition) is 0. The first-order valence-corrected chi connectivity index (χ1v) is 7.91. The number of ether oxygens (including phenoxy) is 1. The van der Waals surface area contributed by atoms with Gasteiger partial charge in [-0.2, -0.15) is 0 Å². The number of allylic oxidation sites excluding steroid dienone is 1. The number of carbonyl (C=O) groups excluding carboxylic acids is 1. The summed E-state index contributed by atoms with van der Waals surface area (Å²) in [4.78, 5) is 15.0. The van der Waals surface area contributed by atoms with E-state index in [-0.39, 0.29) is 23.6 Å². The van der Waals surface area contributed by atoms with Crippen LogP contribution in [0.4, 0.5) is 0 Å². The highest BCUT2D eigenvalue weighted by atomic mass is 16.5. The average molecular weight is 283 g/mol. The molecule has 1 aliphatic carbocycles. The molecule has 2 heterocycles. The molecule has 2 saturated heterocycles. The maximum atomic E-state index is 13.0. The Morgan fingerprint density at radius 2 is 2.19 bits per heavy atom. The maximum Gasteiger partial charge on any atom is 0.229 e. The Labute approximate surface area is 125 Å². The van der Waals surface area contributed by atoms with Crippen LogP contribution in [0.2, 0.25) is 0 Å². The van der Waals surface area contributed by atoms with Crippen LogP contribution in [0.25, 0.3) is 0 Å². The molecule has 4 rings (SSSR count). The highest BCUT2D eigenvalue weighted by molar-refractivity contribution is 5.84. The van der Waals surface area contributed by atoms with Gasteiger partial charge in [0.15, 0.2) is 0 Å². The van der Waals surface area contributed by atoms with Gasteiger partial charge in [0.25, 0.3) is 0 Å². The Balaban J connectivity index is 1.74. The largest absolute Gasteiger partial charge is 0.353 e. The minimum Gasteiger partial charge on any atom is -0.353 e. The van der Waals surface area contributed by atoms with E-state index < -0.39 is 0 Å². The van der Waals surface area contributed by atoms with Crippen molar-refractivity contribution in [1.82, 2.24) is 4.90 Å². The van der Waals surface area contributed by atoms with Gasteiger partial charge in [0.05, 0.1) is 12.6 Å². The van der Waals surface area contributed by atoms with Gasteiger partial charge >= 0.3 is 0 Å². The van der Waals surface area contributed by atoms with Crippen LogP contribution >= 0.6 is 0 Å². The number of nitrogens with zero attached hydrogens (tertiary/aromatic N) is 1. The summed E-state index contributed by atoms with van der Waals surface area (Å²) >= 11 is 0. The van der Waals surface area contributed by atoms with Crippen molar-refractivity contribution in [2.24, 2.45) is 11.8 Å². The fourth-order valence-corrected chi connectivity index (χ4v) is 4.67. The zero-order chi connectivity index (χ0) is 14.4. The summed E-state index contributed by atoms with van der Waals surface area (Å²) in [6.07, 6.45) is 5.90. The summed E-state index contributed by atoms with van der Waals surface area (Å²) in [5.74, 6) is 0.680. The van der Waals surface area contributed by atoms with Crippen LogP contribution in [0.1, 0.15) is 37.3 Å². The molecule has 0 N–H and O–H groups in total. The summed E-state index contributed by atoms with van der Waals surface area (Å²) < 4.78 is 6.27. The molecule has 21 heavy (non-hydrogen) atoms. The van der Waals surface area contributed by atoms with Crippen LogP contribution in [0, 0.1) is 11.8 Å². The van der Waals surface area contributed by atoms with Gasteiger partial charge in [-0.1, -0.05) is 36.4 Å². The molecule has 0 radical (unpaired) electrons. The summed E-state index contributed by atoms with van der Waals surface area (Å²) in [5.41, 5.74) is 0.860. The summed E-state index contributed by atoms with van der Waals surface area (Å²) in [6, 6.07) is 10.4. The van der Waals surface area contributed by atoms with Gasteiger partial charge in [-0.05, 0) is 31.2 Å². The molecule has 1 saturated carbocycles. The van der Waals surface area contributed by atoms with Gasteiger partial charge in [0, 0.05) is 11.8 Å². The highest BCUT2D eigenvalue weighted by Gasteiger charge is 2.65. The fourth-order valence-electron chi connectivity index (χ4n) is 4.67. The van der Waals surface area contributed by atoms with Crippen molar-refractivity contribution in [3.63, 3.8) is 0 Å². The van der Waals surface area contributed by atoms with Gasteiger partial charge < -0.3 is 9.64 Å². The first-order valence-electron chi connectivity index (χ1n) is 7.91. The first kappa shape index (κ1) is 13.1. The summed E-state index contributed by atoms with van der Waals surface area (Å²) in [7, 11) is 0. The Morgan fingerprint density at radius 1 is 1.38 bits per heavy atom. The molecule has 0 bridgehead atoms. The fraction of sp³-hybridized carbons (Fsp3) is 0.500. The Morgan fingerprint density at radius 3 is 2.95 bits per heavy atom. The third kappa shape index (κ3) is 1.67. The average Bonchev–Trinajstić information content (AvgIpc) is 3.15. The third-order valence-corrected chi connectivity index (χ3v) is 5.49. The quantitative estimate of drug-likeness (QED) is 0.797. The van der Waals surface area contributed by atoms with E-state index in [1.54, 1.807) is 0 Å². The minimum atomic E-state index is -0.328. The number of benzene rings is 1. The van der Waals surface area contributed by atoms with Gasteiger partial charge in [0.2, 0.25) is 5.91 Å². The lowest BCUT2D eigenvalue weighted by molar-refractivity contribution is -0.140. The molecule has 0 unspecified atom stereocenters. The van der Waals surface area contributed by atoms with E-state index in [0.29, 0.717) is 12.5 Å². The van der Waals surface area contributed by atoms with Crippen LogP contribution in [-0.2, 0) is 9.53 Å². The molecule has 3 aliphatic rings. The maximum absolute atomic E-state index is 13.0. The predicted molar refractivity (Wildman–Crippen MR) is 80.4 cm³/mol. The standard InChI is InChI=1S/C18H21NO2/c1-2-7-14-15-10-6-11-18(15)19(17(14)20)16(12-21-18)13-8-4-3-5-9-13/h2-5,8-9,14-16H,1,6-7,10-12H2/t14-,15-,16+,18+/m1/s1. The van der Waals surface area contributed by atoms with Gasteiger partial charge in [0.1, 0.15) is 5.72 Å². The van der Waals surface area contributed by atoms with Crippen molar-refractivity contribution in [2.45, 2.75) is 37.5 Å². The first-order chi connectivity index (χ1) is 10.3. The SMILES string of the molecule is C=CC[C@H]1C(=O)N2[C@H](c3ccccc3)CO[C@]23CCC[C@H]13. The van der Waals surface area contributed by atoms with E-state index in [1.165, 1.54) is 5.56 Å². The lowest BCUT2D eigenvalue weighted by atomic mass is 9.87. The van der Waals surface area contributed by atoms with Crippen molar-refractivity contribution >= 4 is 5.91 Å². The van der Waals surface area contributed by atoms with E-state index in [1.807, 2.05) is 24.3 Å². The lowest BCUT2D eigenvalue weighted by Gasteiger charge is -2.32. The van der Waals surface area contributed by atoms with Crippen LogP contribution in [0.5, 0.6) is 0 Å². The molecule has 3 nitrogen and oxygen atoms in total. The van der Waals surface area contributed by atoms with Crippen molar-refractivity contribution in [1.29, 1.82) is 0 Å². The second kappa shape index (κ2) is 4.70. The zero-order valence-electron chi connectivity index (χ0n) is 12.2. The lowest BCUT2D eigenvalue weighted by Crippen LogP contribution is -2.43. The van der Waals surface area contributed by atoms with E-state index in [4.69, 9.17) is 4.74 Å². The van der Waals surface area contributed by atoms with Crippen LogP contribution < -0.4 is 0 Å². The molecule has 3 heteroatoms. The number of hydrogen-bond acceptors (Lipinski definition) is 2. The summed E-state index contributed by atoms with van der Waals surface area (Å²) in [5, 5.41) is 0. The second-order valence-electron chi connectivity index (χ2n) is 6.42. The van der Waals surface area contributed by atoms with E-state index in [2.05, 4.69) is 23.6 Å². The van der Waals surface area contributed by atoms with Crippen LogP contribution in [0.3, 0.4) is 0 Å². The van der Waals surface area contributed by atoms with Crippen molar-refractivity contribution in [3.05, 3.63) is 48.6 Å². The van der Waals surface area contributed by atoms with Crippen LogP contribution in [-0.4, -0.2) is 23.1 Å². The molecule has 1 amide bonds. The van der Waals surface area contributed by atoms with Crippen molar-refractivity contribution in [3.8, 4) is 0 Å². The molecule has 1 spiro atoms. The molecular weight excluding hydrogens is 262 g/mol. The molecule has 4 atom stereocenters. The monoisotopic (exact) mass is 283 g/mol. The summed E-state index contributed by atoms with van der Waals surface area (Å²) in [6.45, 7) is 4.46. The minimum absolute atomic E-state index is 0.0662.